The molecule has 5 nitrogen and oxygen atoms in total. The number of fused-ring (bicyclic) bond motifs is 1. The molecule has 1 fully saturated rings. The lowest BCUT2D eigenvalue weighted by atomic mass is 10.0. The Hall–Kier alpha value is -3.38. The number of β-amino-alcohol motifs (C(OH)–C–C–N with tert-alkyl or cyclic N) is 1. The van der Waals surface area contributed by atoms with Crippen LogP contribution in [0.5, 0.6) is 0 Å². The van der Waals surface area contributed by atoms with Crippen LogP contribution in [0, 0.1) is 5.82 Å². The normalized spacial score (nSPS) is 19.0. The van der Waals surface area contributed by atoms with Gasteiger partial charge < -0.3 is 10.0 Å². The first-order valence-corrected chi connectivity index (χ1v) is 9.56. The van der Waals surface area contributed by atoms with Crippen LogP contribution in [0.4, 0.5) is 10.2 Å². The summed E-state index contributed by atoms with van der Waals surface area (Å²) < 4.78 is 13.4. The molecule has 4 aromatic rings. The van der Waals surface area contributed by atoms with E-state index in [1.54, 1.807) is 24.5 Å². The van der Waals surface area contributed by atoms with Crippen molar-refractivity contribution in [3.8, 4) is 11.4 Å². The summed E-state index contributed by atoms with van der Waals surface area (Å²) in [6.45, 7) is 0.454. The Labute approximate surface area is 167 Å². The van der Waals surface area contributed by atoms with Crippen molar-refractivity contribution in [2.24, 2.45) is 0 Å². The molecule has 0 radical (unpaired) electrons. The summed E-state index contributed by atoms with van der Waals surface area (Å²) in [5.74, 6) is 1.08. The molecule has 1 aliphatic heterocycles. The van der Waals surface area contributed by atoms with Crippen molar-refractivity contribution in [2.75, 3.05) is 11.4 Å². The largest absolute Gasteiger partial charge is 0.391 e. The molecule has 144 valence electrons. The number of halogens is 1. The van der Waals surface area contributed by atoms with Gasteiger partial charge in [0.25, 0.3) is 0 Å². The van der Waals surface area contributed by atoms with Crippen LogP contribution in [-0.2, 0) is 0 Å². The van der Waals surface area contributed by atoms with E-state index >= 15 is 0 Å². The molecule has 0 bridgehead atoms. The second-order valence-corrected chi connectivity index (χ2v) is 7.24. The quantitative estimate of drug-likeness (QED) is 0.573. The zero-order valence-corrected chi connectivity index (χ0v) is 15.6. The molecule has 6 heteroatoms. The highest BCUT2D eigenvalue weighted by Gasteiger charge is 2.34. The number of pyridine rings is 1. The molecule has 1 aliphatic rings. The minimum absolute atomic E-state index is 0.0920. The average molecular weight is 386 g/mol. The smallest absolute Gasteiger partial charge is 0.163 e. The number of rotatable bonds is 3. The lowest BCUT2D eigenvalue weighted by molar-refractivity contribution is 0.194. The van der Waals surface area contributed by atoms with Crippen LogP contribution in [0.25, 0.3) is 22.3 Å². The number of hydrogen-bond acceptors (Lipinski definition) is 5. The molecule has 0 amide bonds. The second kappa shape index (κ2) is 7.22. The van der Waals surface area contributed by atoms with Crippen LogP contribution < -0.4 is 4.90 Å². The van der Waals surface area contributed by atoms with Gasteiger partial charge in [-0.2, -0.15) is 0 Å². The number of para-hydroxylation sites is 1. The lowest BCUT2D eigenvalue weighted by Gasteiger charge is -2.27. The van der Waals surface area contributed by atoms with Gasteiger partial charge in [0, 0.05) is 29.9 Å². The summed E-state index contributed by atoms with van der Waals surface area (Å²) in [5, 5.41) is 11.4. The van der Waals surface area contributed by atoms with Gasteiger partial charge in [-0.25, -0.2) is 14.4 Å². The Kier molecular flexibility index (Phi) is 4.41. The fourth-order valence-corrected chi connectivity index (χ4v) is 3.95. The number of aromatic nitrogens is 3. The molecular formula is C23H19FN4O. The fraction of sp³-hybridized carbons (Fsp3) is 0.174. The summed E-state index contributed by atoms with van der Waals surface area (Å²) in [6.07, 6.45) is 3.53. The fourth-order valence-electron chi connectivity index (χ4n) is 3.95. The summed E-state index contributed by atoms with van der Waals surface area (Å²) in [6, 6.07) is 18.0. The minimum Gasteiger partial charge on any atom is -0.391 e. The van der Waals surface area contributed by atoms with Gasteiger partial charge in [-0.1, -0.05) is 24.3 Å². The Morgan fingerprint density at radius 2 is 1.79 bits per heavy atom. The van der Waals surface area contributed by atoms with E-state index in [4.69, 9.17) is 9.97 Å². The standard InChI is InChI=1S/C23H19FN4O/c24-17-9-7-15(8-10-17)21-12-18(29)14-28(21)23-19-5-1-2-6-20(19)26-22(27-23)16-4-3-11-25-13-16/h1-11,13,18,21,29H,12,14H2/t18-,21+/m0/s1. The van der Waals surface area contributed by atoms with E-state index in [9.17, 15) is 9.50 Å². The van der Waals surface area contributed by atoms with Crippen molar-refractivity contribution < 1.29 is 9.50 Å². The van der Waals surface area contributed by atoms with Gasteiger partial charge >= 0.3 is 0 Å². The van der Waals surface area contributed by atoms with Crippen LogP contribution in [0.15, 0.2) is 73.1 Å². The molecule has 0 saturated carbocycles. The van der Waals surface area contributed by atoms with Crippen LogP contribution in [0.2, 0.25) is 0 Å². The Morgan fingerprint density at radius 3 is 2.59 bits per heavy atom. The summed E-state index contributed by atoms with van der Waals surface area (Å²) in [4.78, 5) is 15.9. The van der Waals surface area contributed by atoms with E-state index in [2.05, 4.69) is 9.88 Å². The highest BCUT2D eigenvalue weighted by atomic mass is 19.1. The molecule has 2 atom stereocenters. The number of anilines is 1. The van der Waals surface area contributed by atoms with Gasteiger partial charge in [-0.3, -0.25) is 4.98 Å². The molecule has 0 aliphatic carbocycles. The summed E-state index contributed by atoms with van der Waals surface area (Å²) in [5.41, 5.74) is 2.61. The Bertz CT molecular complexity index is 1150. The van der Waals surface area contributed by atoms with Gasteiger partial charge in [-0.15, -0.1) is 0 Å². The van der Waals surface area contributed by atoms with Crippen molar-refractivity contribution in [3.63, 3.8) is 0 Å². The third-order valence-electron chi connectivity index (χ3n) is 5.31. The maximum Gasteiger partial charge on any atom is 0.163 e. The van der Waals surface area contributed by atoms with Gasteiger partial charge in [-0.05, 0) is 48.4 Å². The maximum absolute atomic E-state index is 13.4. The van der Waals surface area contributed by atoms with Crippen molar-refractivity contribution in [2.45, 2.75) is 18.6 Å². The summed E-state index contributed by atoms with van der Waals surface area (Å²) in [7, 11) is 0. The predicted molar refractivity (Wildman–Crippen MR) is 110 cm³/mol. The van der Waals surface area contributed by atoms with E-state index in [0.29, 0.717) is 18.8 Å². The zero-order valence-electron chi connectivity index (χ0n) is 15.6. The molecule has 0 spiro atoms. The molecular weight excluding hydrogens is 367 g/mol. The topological polar surface area (TPSA) is 62.1 Å². The number of benzene rings is 2. The number of aliphatic hydroxyl groups excluding tert-OH is 1. The van der Waals surface area contributed by atoms with E-state index in [-0.39, 0.29) is 11.9 Å². The Balaban J connectivity index is 1.67. The first-order chi connectivity index (χ1) is 14.2. The highest BCUT2D eigenvalue weighted by molar-refractivity contribution is 5.91. The predicted octanol–water partition coefficient (Wildman–Crippen LogP) is 4.14. The molecule has 5 rings (SSSR count). The van der Waals surface area contributed by atoms with E-state index in [1.165, 1.54) is 12.1 Å². The number of hydrogen-bond donors (Lipinski definition) is 1. The van der Waals surface area contributed by atoms with Gasteiger partial charge in [0.05, 0.1) is 17.7 Å². The Morgan fingerprint density at radius 1 is 0.966 bits per heavy atom. The van der Waals surface area contributed by atoms with E-state index in [0.717, 1.165) is 27.8 Å². The first kappa shape index (κ1) is 17.7. The van der Waals surface area contributed by atoms with Crippen molar-refractivity contribution >= 4 is 16.7 Å². The number of nitrogens with zero attached hydrogens (tertiary/aromatic N) is 4. The SMILES string of the molecule is O[C@H]1C[C@H](c2ccc(F)cc2)N(c2nc(-c3cccnc3)nc3ccccc23)C1. The molecule has 2 aromatic carbocycles. The lowest BCUT2D eigenvalue weighted by Crippen LogP contribution is -2.26. The molecule has 3 heterocycles. The molecule has 0 unspecified atom stereocenters. The molecule has 29 heavy (non-hydrogen) atoms. The van der Waals surface area contributed by atoms with Crippen LogP contribution >= 0.6 is 0 Å². The van der Waals surface area contributed by atoms with Gasteiger partial charge in [0.1, 0.15) is 11.6 Å². The van der Waals surface area contributed by atoms with Crippen LogP contribution in [0.1, 0.15) is 18.0 Å². The maximum atomic E-state index is 13.4. The first-order valence-electron chi connectivity index (χ1n) is 9.56. The van der Waals surface area contributed by atoms with Crippen molar-refractivity contribution in [1.82, 2.24) is 15.0 Å². The molecule has 1 saturated heterocycles. The van der Waals surface area contributed by atoms with Gasteiger partial charge in [0.15, 0.2) is 5.82 Å². The van der Waals surface area contributed by atoms with Crippen molar-refractivity contribution in [1.29, 1.82) is 0 Å². The van der Waals surface area contributed by atoms with Gasteiger partial charge in [0.2, 0.25) is 0 Å². The highest BCUT2D eigenvalue weighted by Crippen LogP contribution is 2.39. The zero-order chi connectivity index (χ0) is 19.8. The monoisotopic (exact) mass is 386 g/mol. The summed E-state index contributed by atoms with van der Waals surface area (Å²) >= 11 is 0. The van der Waals surface area contributed by atoms with E-state index < -0.39 is 6.10 Å². The third-order valence-corrected chi connectivity index (χ3v) is 5.31. The minimum atomic E-state index is -0.486. The average Bonchev–Trinajstić information content (AvgIpc) is 3.15. The molecule has 1 N–H and O–H groups in total. The van der Waals surface area contributed by atoms with E-state index in [1.807, 2.05) is 36.4 Å². The van der Waals surface area contributed by atoms with Crippen LogP contribution in [-0.4, -0.2) is 32.7 Å². The third kappa shape index (κ3) is 3.32. The van der Waals surface area contributed by atoms with Crippen molar-refractivity contribution in [3.05, 3.63) is 84.4 Å². The van der Waals surface area contributed by atoms with Crippen LogP contribution in [0.3, 0.4) is 0 Å². The second-order valence-electron chi connectivity index (χ2n) is 7.24. The molecule has 2 aromatic heterocycles. The number of aliphatic hydroxyl groups is 1.